The minimum absolute atomic E-state index is 0.0287. The Bertz CT molecular complexity index is 1060. The lowest BCUT2D eigenvalue weighted by Crippen LogP contribution is -2.41. The van der Waals surface area contributed by atoms with Gasteiger partial charge in [-0.25, -0.2) is 0 Å². The quantitative estimate of drug-likeness (QED) is 0.584. The van der Waals surface area contributed by atoms with E-state index < -0.39 is 23.9 Å². The summed E-state index contributed by atoms with van der Waals surface area (Å²) in [4.78, 5) is 51.2. The highest BCUT2D eigenvalue weighted by atomic mass is 16.5. The minimum atomic E-state index is -1.09. The predicted molar refractivity (Wildman–Crippen MR) is 129 cm³/mol. The number of nitrogens with one attached hydrogen (secondary N) is 2. The van der Waals surface area contributed by atoms with E-state index in [9.17, 15) is 19.2 Å². The van der Waals surface area contributed by atoms with Gasteiger partial charge in [0.15, 0.2) is 6.10 Å². The van der Waals surface area contributed by atoms with E-state index in [2.05, 4.69) is 17.6 Å². The Morgan fingerprint density at radius 3 is 2.35 bits per heavy atom. The first kappa shape index (κ1) is 25.0. The molecular formula is C26H31N3O5. The molecule has 0 saturated carbocycles. The topological polar surface area (TPSA) is 105 Å². The molecule has 1 heterocycles. The van der Waals surface area contributed by atoms with Gasteiger partial charge >= 0.3 is 5.97 Å². The number of hydrogen-bond acceptors (Lipinski definition) is 5. The van der Waals surface area contributed by atoms with Crippen LogP contribution >= 0.6 is 0 Å². The molecule has 3 rings (SSSR count). The number of para-hydroxylation sites is 1. The maximum absolute atomic E-state index is 12.6. The van der Waals surface area contributed by atoms with Crippen molar-refractivity contribution in [2.24, 2.45) is 5.92 Å². The maximum atomic E-state index is 12.6. The Morgan fingerprint density at radius 2 is 1.74 bits per heavy atom. The predicted octanol–water partition coefficient (Wildman–Crippen LogP) is 2.91. The number of anilines is 2. The second-order valence-corrected chi connectivity index (χ2v) is 8.54. The number of benzene rings is 2. The summed E-state index contributed by atoms with van der Waals surface area (Å²) >= 11 is 0. The number of rotatable bonds is 8. The fourth-order valence-electron chi connectivity index (χ4n) is 3.86. The molecule has 34 heavy (non-hydrogen) atoms. The molecule has 2 aromatic carbocycles. The lowest BCUT2D eigenvalue weighted by atomic mass is 10.1. The van der Waals surface area contributed by atoms with Crippen molar-refractivity contribution in [1.82, 2.24) is 5.32 Å². The van der Waals surface area contributed by atoms with Gasteiger partial charge in [-0.05, 0) is 56.0 Å². The fraction of sp³-hybridized carbons (Fsp3) is 0.385. The van der Waals surface area contributed by atoms with Gasteiger partial charge in [0.25, 0.3) is 5.91 Å². The molecule has 180 valence electrons. The number of esters is 1. The van der Waals surface area contributed by atoms with Crippen LogP contribution < -0.4 is 15.5 Å². The first-order chi connectivity index (χ1) is 16.2. The SMILES string of the molecule is CCc1ccc(N2CC(C(=O)OC(C)C(=O)NCC(=O)Nc3c(C)cccc3C)CC2=O)cc1. The van der Waals surface area contributed by atoms with Crippen LogP contribution in [0.25, 0.3) is 0 Å². The summed E-state index contributed by atoms with van der Waals surface area (Å²) in [6.45, 7) is 7.22. The number of nitrogens with zero attached hydrogens (tertiary/aromatic N) is 1. The fourth-order valence-corrected chi connectivity index (χ4v) is 3.86. The van der Waals surface area contributed by atoms with Crippen LogP contribution in [0.5, 0.6) is 0 Å². The average Bonchev–Trinajstić information content (AvgIpc) is 3.21. The highest BCUT2D eigenvalue weighted by Gasteiger charge is 2.37. The number of amides is 3. The average molecular weight is 466 g/mol. The van der Waals surface area contributed by atoms with Gasteiger partial charge in [0.1, 0.15) is 0 Å². The molecule has 0 radical (unpaired) electrons. The number of hydrogen-bond donors (Lipinski definition) is 2. The second-order valence-electron chi connectivity index (χ2n) is 8.54. The van der Waals surface area contributed by atoms with Crippen molar-refractivity contribution < 1.29 is 23.9 Å². The van der Waals surface area contributed by atoms with Crippen molar-refractivity contribution in [1.29, 1.82) is 0 Å². The van der Waals surface area contributed by atoms with Gasteiger partial charge in [0.05, 0.1) is 12.5 Å². The Labute approximate surface area is 199 Å². The van der Waals surface area contributed by atoms with Gasteiger partial charge in [-0.3, -0.25) is 19.2 Å². The Kier molecular flexibility index (Phi) is 8.04. The molecular weight excluding hydrogens is 434 g/mol. The molecule has 1 fully saturated rings. The first-order valence-electron chi connectivity index (χ1n) is 11.4. The zero-order chi connectivity index (χ0) is 24.8. The summed E-state index contributed by atoms with van der Waals surface area (Å²) in [5.74, 6) is -2.38. The number of carbonyl (C=O) groups excluding carboxylic acids is 4. The van der Waals surface area contributed by atoms with Crippen LogP contribution in [0.1, 0.15) is 37.0 Å². The van der Waals surface area contributed by atoms with E-state index in [1.165, 1.54) is 6.92 Å². The van der Waals surface area contributed by atoms with Crippen molar-refractivity contribution in [2.75, 3.05) is 23.3 Å². The molecule has 0 aromatic heterocycles. The van der Waals surface area contributed by atoms with E-state index in [0.717, 1.165) is 28.8 Å². The molecule has 8 heteroatoms. The highest BCUT2D eigenvalue weighted by Crippen LogP contribution is 2.26. The molecule has 1 saturated heterocycles. The number of ether oxygens (including phenoxy) is 1. The van der Waals surface area contributed by atoms with Crippen LogP contribution in [-0.4, -0.2) is 42.9 Å². The van der Waals surface area contributed by atoms with E-state index >= 15 is 0 Å². The van der Waals surface area contributed by atoms with Crippen molar-refractivity contribution >= 4 is 35.1 Å². The normalized spacial score (nSPS) is 16.2. The van der Waals surface area contributed by atoms with Crippen LogP contribution in [-0.2, 0) is 30.3 Å². The lowest BCUT2D eigenvalue weighted by molar-refractivity contribution is -0.158. The van der Waals surface area contributed by atoms with Crippen LogP contribution in [0.4, 0.5) is 11.4 Å². The third-order valence-electron chi connectivity index (χ3n) is 5.95. The van der Waals surface area contributed by atoms with Gasteiger partial charge < -0.3 is 20.3 Å². The first-order valence-corrected chi connectivity index (χ1v) is 11.4. The van der Waals surface area contributed by atoms with E-state index in [4.69, 9.17) is 4.74 Å². The van der Waals surface area contributed by atoms with Crippen LogP contribution in [0, 0.1) is 19.8 Å². The monoisotopic (exact) mass is 465 g/mol. The standard InChI is InChI=1S/C26H31N3O5/c1-5-19-9-11-21(12-10-19)29-15-20(13-23(29)31)26(33)34-18(4)25(32)27-14-22(30)28-24-16(2)7-6-8-17(24)3/h6-12,18,20H,5,13-15H2,1-4H3,(H,27,32)(H,28,30). The molecule has 3 amide bonds. The Hall–Kier alpha value is -3.68. The molecule has 2 N–H and O–H groups in total. The van der Waals surface area contributed by atoms with Gasteiger partial charge in [-0.1, -0.05) is 37.3 Å². The molecule has 8 nitrogen and oxygen atoms in total. The smallest absolute Gasteiger partial charge is 0.312 e. The molecule has 2 aromatic rings. The van der Waals surface area contributed by atoms with E-state index in [0.29, 0.717) is 5.69 Å². The molecule has 1 aliphatic rings. The zero-order valence-electron chi connectivity index (χ0n) is 20.0. The number of carbonyl (C=O) groups is 4. The van der Waals surface area contributed by atoms with Crippen LogP contribution in [0.3, 0.4) is 0 Å². The van der Waals surface area contributed by atoms with E-state index in [1.807, 2.05) is 56.3 Å². The van der Waals surface area contributed by atoms with Gasteiger partial charge in [0.2, 0.25) is 11.8 Å². The summed E-state index contributed by atoms with van der Waals surface area (Å²) < 4.78 is 5.29. The van der Waals surface area contributed by atoms with Gasteiger partial charge in [0, 0.05) is 24.3 Å². The molecule has 0 bridgehead atoms. The highest BCUT2D eigenvalue weighted by molar-refractivity contribution is 6.00. The molecule has 1 aliphatic heterocycles. The van der Waals surface area contributed by atoms with Crippen molar-refractivity contribution in [2.45, 2.75) is 46.6 Å². The van der Waals surface area contributed by atoms with E-state index in [-0.39, 0.29) is 31.3 Å². The molecule has 0 aliphatic carbocycles. The molecule has 0 spiro atoms. The zero-order valence-corrected chi connectivity index (χ0v) is 20.0. The Balaban J connectivity index is 1.48. The Morgan fingerprint density at radius 1 is 1.09 bits per heavy atom. The summed E-state index contributed by atoms with van der Waals surface area (Å²) in [6, 6.07) is 13.3. The third kappa shape index (κ3) is 6.01. The minimum Gasteiger partial charge on any atom is -0.452 e. The van der Waals surface area contributed by atoms with Crippen molar-refractivity contribution in [3.8, 4) is 0 Å². The summed E-state index contributed by atoms with van der Waals surface area (Å²) in [7, 11) is 0. The largest absolute Gasteiger partial charge is 0.452 e. The molecule has 2 atom stereocenters. The number of aryl methyl sites for hydroxylation is 3. The molecule has 2 unspecified atom stereocenters. The van der Waals surface area contributed by atoms with Gasteiger partial charge in [-0.15, -0.1) is 0 Å². The van der Waals surface area contributed by atoms with Crippen LogP contribution in [0.2, 0.25) is 0 Å². The third-order valence-corrected chi connectivity index (χ3v) is 5.95. The van der Waals surface area contributed by atoms with Gasteiger partial charge in [-0.2, -0.15) is 0 Å². The second kappa shape index (κ2) is 11.0. The summed E-state index contributed by atoms with van der Waals surface area (Å²) in [6.07, 6.45) is -0.162. The maximum Gasteiger partial charge on any atom is 0.312 e. The van der Waals surface area contributed by atoms with E-state index in [1.54, 1.807) is 4.90 Å². The van der Waals surface area contributed by atoms with Crippen molar-refractivity contribution in [3.63, 3.8) is 0 Å². The van der Waals surface area contributed by atoms with Crippen molar-refractivity contribution in [3.05, 3.63) is 59.2 Å². The van der Waals surface area contributed by atoms with Crippen LogP contribution in [0.15, 0.2) is 42.5 Å². The lowest BCUT2D eigenvalue weighted by Gasteiger charge is -2.18. The summed E-state index contributed by atoms with van der Waals surface area (Å²) in [5, 5.41) is 5.27. The summed E-state index contributed by atoms with van der Waals surface area (Å²) in [5.41, 5.74) is 4.44.